The van der Waals surface area contributed by atoms with Gasteiger partial charge in [-0.3, -0.25) is 15.0 Å². The van der Waals surface area contributed by atoms with E-state index in [1.807, 2.05) is 30.3 Å². The van der Waals surface area contributed by atoms with Crippen molar-refractivity contribution in [2.24, 2.45) is 0 Å². The Hall–Kier alpha value is -2.57. The summed E-state index contributed by atoms with van der Waals surface area (Å²) in [4.78, 5) is 12.9. The molecule has 0 atom stereocenters. The van der Waals surface area contributed by atoms with Gasteiger partial charge in [-0.1, -0.05) is 12.1 Å². The third-order valence-electron chi connectivity index (χ3n) is 3.09. The Labute approximate surface area is 122 Å². The Morgan fingerprint density at radius 1 is 0.714 bits per heavy atom. The second-order valence-corrected chi connectivity index (χ2v) is 4.43. The molecule has 0 bridgehead atoms. The lowest BCUT2D eigenvalue weighted by Gasteiger charge is -2.11. The third-order valence-corrected chi connectivity index (χ3v) is 3.09. The van der Waals surface area contributed by atoms with E-state index < -0.39 is 7.12 Å². The van der Waals surface area contributed by atoms with Crippen molar-refractivity contribution in [1.82, 2.24) is 15.0 Å². The molecular weight excluding hydrogens is 265 g/mol. The molecule has 0 aliphatic heterocycles. The Morgan fingerprint density at radius 3 is 2.14 bits per heavy atom. The normalized spacial score (nSPS) is 10.4. The van der Waals surface area contributed by atoms with Crippen molar-refractivity contribution in [3.63, 3.8) is 0 Å². The summed E-state index contributed by atoms with van der Waals surface area (Å²) in [5.41, 5.74) is 2.87. The van der Waals surface area contributed by atoms with E-state index in [2.05, 4.69) is 15.0 Å². The molecule has 6 heteroatoms. The van der Waals surface area contributed by atoms with Gasteiger partial charge < -0.3 is 10.0 Å². The van der Waals surface area contributed by atoms with Gasteiger partial charge in [0.2, 0.25) is 0 Å². The van der Waals surface area contributed by atoms with Crippen LogP contribution in [0, 0.1) is 0 Å². The molecule has 3 heterocycles. The number of pyridine rings is 3. The standard InChI is InChI=1S/C15H12BN3O2/c20-16(21)12-6-4-10-19-15(12)14-11(5-3-9-18-14)13-7-1-2-8-17-13/h1-10,20-21H. The zero-order chi connectivity index (χ0) is 14.7. The minimum absolute atomic E-state index is 0.313. The number of aromatic nitrogens is 3. The van der Waals surface area contributed by atoms with Crippen LogP contribution in [0.15, 0.2) is 61.1 Å². The molecule has 0 unspecified atom stereocenters. The van der Waals surface area contributed by atoms with Gasteiger partial charge in [-0.2, -0.15) is 0 Å². The summed E-state index contributed by atoms with van der Waals surface area (Å²) in [5, 5.41) is 19.0. The van der Waals surface area contributed by atoms with Gasteiger partial charge in [0.05, 0.1) is 17.1 Å². The SMILES string of the molecule is OB(O)c1cccnc1-c1ncccc1-c1ccccn1. The molecule has 0 amide bonds. The highest BCUT2D eigenvalue weighted by molar-refractivity contribution is 6.60. The maximum atomic E-state index is 9.50. The van der Waals surface area contributed by atoms with Gasteiger partial charge in [0.25, 0.3) is 0 Å². The van der Waals surface area contributed by atoms with E-state index in [0.29, 0.717) is 16.9 Å². The molecule has 0 radical (unpaired) electrons. The van der Waals surface area contributed by atoms with Gasteiger partial charge in [-0.25, -0.2) is 0 Å². The Morgan fingerprint density at radius 2 is 1.43 bits per heavy atom. The van der Waals surface area contributed by atoms with Crippen molar-refractivity contribution >= 4 is 12.6 Å². The molecule has 3 rings (SSSR count). The van der Waals surface area contributed by atoms with Crippen molar-refractivity contribution in [2.45, 2.75) is 0 Å². The second-order valence-electron chi connectivity index (χ2n) is 4.43. The van der Waals surface area contributed by atoms with Gasteiger partial charge in [-0.15, -0.1) is 0 Å². The van der Waals surface area contributed by atoms with Crippen LogP contribution in [0.2, 0.25) is 0 Å². The summed E-state index contributed by atoms with van der Waals surface area (Å²) in [7, 11) is -1.60. The molecule has 0 aromatic carbocycles. The van der Waals surface area contributed by atoms with E-state index in [1.165, 1.54) is 0 Å². The molecule has 0 saturated heterocycles. The average Bonchev–Trinajstić information content (AvgIpc) is 2.55. The van der Waals surface area contributed by atoms with Crippen LogP contribution in [0.5, 0.6) is 0 Å². The molecule has 3 aromatic heterocycles. The highest BCUT2D eigenvalue weighted by atomic mass is 16.4. The largest absolute Gasteiger partial charge is 0.490 e. The number of rotatable bonds is 3. The first-order chi connectivity index (χ1) is 10.3. The monoisotopic (exact) mass is 277 g/mol. The minimum Gasteiger partial charge on any atom is -0.423 e. The van der Waals surface area contributed by atoms with Gasteiger partial charge >= 0.3 is 7.12 Å². The third kappa shape index (κ3) is 2.67. The van der Waals surface area contributed by atoms with E-state index in [4.69, 9.17) is 0 Å². The molecule has 21 heavy (non-hydrogen) atoms. The summed E-state index contributed by atoms with van der Waals surface area (Å²) in [6.07, 6.45) is 4.94. The summed E-state index contributed by atoms with van der Waals surface area (Å²) in [6.45, 7) is 0. The maximum Gasteiger partial charge on any atom is 0.490 e. The zero-order valence-electron chi connectivity index (χ0n) is 11.1. The number of hydrogen-bond acceptors (Lipinski definition) is 5. The fourth-order valence-corrected chi connectivity index (χ4v) is 2.15. The molecular formula is C15H12BN3O2. The van der Waals surface area contributed by atoms with Crippen LogP contribution in [-0.2, 0) is 0 Å². The molecule has 0 fully saturated rings. The smallest absolute Gasteiger partial charge is 0.423 e. The lowest BCUT2D eigenvalue weighted by molar-refractivity contribution is 0.426. The lowest BCUT2D eigenvalue weighted by Crippen LogP contribution is -2.32. The minimum atomic E-state index is -1.60. The summed E-state index contributed by atoms with van der Waals surface area (Å²) < 4.78 is 0. The quantitative estimate of drug-likeness (QED) is 0.695. The van der Waals surface area contributed by atoms with Crippen LogP contribution >= 0.6 is 0 Å². The van der Waals surface area contributed by atoms with Crippen LogP contribution in [0.25, 0.3) is 22.6 Å². The first-order valence-electron chi connectivity index (χ1n) is 6.45. The molecule has 0 saturated carbocycles. The number of nitrogens with zero attached hydrogens (tertiary/aromatic N) is 3. The van der Waals surface area contributed by atoms with Crippen LogP contribution in [-0.4, -0.2) is 32.1 Å². The van der Waals surface area contributed by atoms with Crippen molar-refractivity contribution in [2.75, 3.05) is 0 Å². The van der Waals surface area contributed by atoms with Crippen LogP contribution < -0.4 is 5.46 Å². The molecule has 0 aliphatic rings. The Balaban J connectivity index is 2.21. The fraction of sp³-hybridized carbons (Fsp3) is 0. The predicted molar refractivity (Wildman–Crippen MR) is 80.5 cm³/mol. The van der Waals surface area contributed by atoms with Gasteiger partial charge in [0.15, 0.2) is 0 Å². The van der Waals surface area contributed by atoms with Crippen LogP contribution in [0.4, 0.5) is 0 Å². The average molecular weight is 277 g/mol. The maximum absolute atomic E-state index is 9.50. The highest BCUT2D eigenvalue weighted by Crippen LogP contribution is 2.26. The molecule has 102 valence electrons. The van der Waals surface area contributed by atoms with Crippen molar-refractivity contribution < 1.29 is 10.0 Å². The molecule has 0 aliphatic carbocycles. The second kappa shape index (κ2) is 5.82. The Bertz CT molecular complexity index is 751. The van der Waals surface area contributed by atoms with Crippen molar-refractivity contribution in [3.8, 4) is 22.6 Å². The Kier molecular flexibility index (Phi) is 3.72. The van der Waals surface area contributed by atoms with E-state index in [0.717, 1.165) is 11.3 Å². The van der Waals surface area contributed by atoms with Gasteiger partial charge in [0, 0.05) is 29.6 Å². The first kappa shape index (κ1) is 13.4. The lowest BCUT2D eigenvalue weighted by atomic mass is 9.78. The summed E-state index contributed by atoms with van der Waals surface area (Å²) in [5.74, 6) is 0. The van der Waals surface area contributed by atoms with Crippen molar-refractivity contribution in [1.29, 1.82) is 0 Å². The van der Waals surface area contributed by atoms with Gasteiger partial charge in [0.1, 0.15) is 0 Å². The zero-order valence-corrected chi connectivity index (χ0v) is 11.1. The molecule has 0 spiro atoms. The summed E-state index contributed by atoms with van der Waals surface area (Å²) >= 11 is 0. The fourth-order valence-electron chi connectivity index (χ4n) is 2.15. The molecule has 5 nitrogen and oxygen atoms in total. The topological polar surface area (TPSA) is 79.1 Å². The van der Waals surface area contributed by atoms with E-state index in [9.17, 15) is 10.0 Å². The number of hydrogen-bond donors (Lipinski definition) is 2. The van der Waals surface area contributed by atoms with Gasteiger partial charge in [-0.05, 0) is 30.3 Å². The highest BCUT2D eigenvalue weighted by Gasteiger charge is 2.21. The molecule has 3 aromatic rings. The van der Waals surface area contributed by atoms with Crippen molar-refractivity contribution in [3.05, 3.63) is 61.1 Å². The predicted octanol–water partition coefficient (Wildman–Crippen LogP) is 0.885. The van der Waals surface area contributed by atoms with E-state index in [-0.39, 0.29) is 0 Å². The van der Waals surface area contributed by atoms with Crippen LogP contribution in [0.3, 0.4) is 0 Å². The van der Waals surface area contributed by atoms with Crippen LogP contribution in [0.1, 0.15) is 0 Å². The molecule has 2 N–H and O–H groups in total. The first-order valence-corrected chi connectivity index (χ1v) is 6.45. The summed E-state index contributed by atoms with van der Waals surface area (Å²) in [6, 6.07) is 12.6. The van der Waals surface area contributed by atoms with E-state index in [1.54, 1.807) is 30.7 Å². The van der Waals surface area contributed by atoms with E-state index >= 15 is 0 Å².